The number of carbonyl (C=O) groups excluding carboxylic acids is 2. The zero-order chi connectivity index (χ0) is 18.8. The second kappa shape index (κ2) is 7.45. The van der Waals surface area contributed by atoms with Crippen molar-refractivity contribution >= 4 is 45.7 Å². The molecule has 136 valence electrons. The number of carbonyl (C=O) groups is 2. The van der Waals surface area contributed by atoms with Crippen molar-refractivity contribution in [3.05, 3.63) is 65.5 Å². The molecule has 1 aromatic heterocycles. The third-order valence-corrected chi connectivity index (χ3v) is 5.85. The Labute approximate surface area is 162 Å². The van der Waals surface area contributed by atoms with Gasteiger partial charge in [-0.1, -0.05) is 41.3 Å². The van der Waals surface area contributed by atoms with E-state index in [-0.39, 0.29) is 17.6 Å². The first-order chi connectivity index (χ1) is 13.1. The average Bonchev–Trinajstić information content (AvgIpc) is 3.20. The van der Waals surface area contributed by atoms with E-state index in [0.717, 1.165) is 0 Å². The summed E-state index contributed by atoms with van der Waals surface area (Å²) in [5.74, 6) is -0.344. The number of anilines is 2. The number of imide groups is 1. The number of nitrogens with zero attached hydrogens (tertiary/aromatic N) is 3. The van der Waals surface area contributed by atoms with Crippen molar-refractivity contribution in [2.24, 2.45) is 0 Å². The Kier molecular flexibility index (Phi) is 4.87. The van der Waals surface area contributed by atoms with Gasteiger partial charge in [-0.2, -0.15) is 0 Å². The van der Waals surface area contributed by atoms with E-state index in [9.17, 15) is 14.0 Å². The fourth-order valence-corrected chi connectivity index (χ4v) is 4.44. The highest BCUT2D eigenvalue weighted by atomic mass is 32.2. The third kappa shape index (κ3) is 3.69. The van der Waals surface area contributed by atoms with Crippen LogP contribution >= 0.6 is 23.1 Å². The van der Waals surface area contributed by atoms with Gasteiger partial charge < -0.3 is 5.32 Å². The Hall–Kier alpha value is -2.78. The first kappa shape index (κ1) is 17.6. The molecule has 1 aliphatic heterocycles. The summed E-state index contributed by atoms with van der Waals surface area (Å²) in [4.78, 5) is 25.9. The van der Waals surface area contributed by atoms with E-state index in [0.29, 0.717) is 38.6 Å². The minimum Gasteiger partial charge on any atom is -0.330 e. The molecule has 0 radical (unpaired) electrons. The number of hydrogen-bond acceptors (Lipinski definition) is 7. The molecule has 0 unspecified atom stereocenters. The van der Waals surface area contributed by atoms with Crippen LogP contribution in [0.2, 0.25) is 0 Å². The van der Waals surface area contributed by atoms with Gasteiger partial charge in [-0.15, -0.1) is 10.2 Å². The van der Waals surface area contributed by atoms with Crippen LogP contribution in [-0.2, 0) is 0 Å². The predicted octanol–water partition coefficient (Wildman–Crippen LogP) is 3.81. The normalized spacial score (nSPS) is 13.1. The first-order valence-corrected chi connectivity index (χ1v) is 9.86. The number of fused-ring (bicyclic) bond motifs is 1. The van der Waals surface area contributed by atoms with Crippen molar-refractivity contribution in [2.75, 3.05) is 17.6 Å². The lowest BCUT2D eigenvalue weighted by molar-refractivity contribution is 0.0664. The number of aromatic nitrogens is 2. The lowest BCUT2D eigenvalue weighted by Gasteiger charge is -2.12. The second-order valence-corrected chi connectivity index (χ2v) is 7.98. The van der Waals surface area contributed by atoms with Gasteiger partial charge in [-0.05, 0) is 30.3 Å². The molecule has 0 saturated carbocycles. The standard InChI is InChI=1S/C18H13FN4O2S2/c19-11-4-3-5-12(10-11)20-17-21-22-18(27-17)26-9-8-23-15(24)13-6-1-2-7-14(13)16(23)25/h1-7,10H,8-9H2,(H,20,21). The highest BCUT2D eigenvalue weighted by Crippen LogP contribution is 2.29. The van der Waals surface area contributed by atoms with Gasteiger partial charge in [0.25, 0.3) is 11.8 Å². The number of nitrogens with one attached hydrogen (secondary N) is 1. The molecular formula is C18H13FN4O2S2. The topological polar surface area (TPSA) is 75.2 Å². The van der Waals surface area contributed by atoms with E-state index in [1.165, 1.54) is 40.1 Å². The van der Waals surface area contributed by atoms with Crippen LogP contribution in [0, 0.1) is 5.82 Å². The van der Waals surface area contributed by atoms with Gasteiger partial charge >= 0.3 is 0 Å². The van der Waals surface area contributed by atoms with E-state index in [2.05, 4.69) is 15.5 Å². The van der Waals surface area contributed by atoms with Gasteiger partial charge in [0.2, 0.25) is 5.13 Å². The molecule has 9 heteroatoms. The number of amides is 2. The van der Waals surface area contributed by atoms with E-state index in [4.69, 9.17) is 0 Å². The van der Waals surface area contributed by atoms with Gasteiger partial charge in [-0.3, -0.25) is 14.5 Å². The zero-order valence-corrected chi connectivity index (χ0v) is 15.5. The molecule has 3 aromatic rings. The SMILES string of the molecule is O=C1c2ccccc2C(=O)N1CCSc1nnc(Nc2cccc(F)c2)s1. The van der Waals surface area contributed by atoms with Crippen molar-refractivity contribution in [1.29, 1.82) is 0 Å². The summed E-state index contributed by atoms with van der Waals surface area (Å²) in [6.07, 6.45) is 0. The van der Waals surface area contributed by atoms with Crippen LogP contribution in [0.25, 0.3) is 0 Å². The van der Waals surface area contributed by atoms with E-state index in [1.807, 2.05) is 0 Å². The lowest BCUT2D eigenvalue weighted by Crippen LogP contribution is -2.31. The molecule has 0 fully saturated rings. The van der Waals surface area contributed by atoms with Gasteiger partial charge in [0.15, 0.2) is 4.34 Å². The van der Waals surface area contributed by atoms with E-state index in [1.54, 1.807) is 36.4 Å². The predicted molar refractivity (Wildman–Crippen MR) is 102 cm³/mol. The lowest BCUT2D eigenvalue weighted by atomic mass is 10.1. The van der Waals surface area contributed by atoms with Crippen LogP contribution in [0.1, 0.15) is 20.7 Å². The Morgan fingerprint density at radius 3 is 2.48 bits per heavy atom. The molecule has 0 spiro atoms. The smallest absolute Gasteiger partial charge is 0.261 e. The van der Waals surface area contributed by atoms with Gasteiger partial charge in [0.1, 0.15) is 5.82 Å². The molecule has 1 N–H and O–H groups in total. The maximum Gasteiger partial charge on any atom is 0.261 e. The van der Waals surface area contributed by atoms with E-state index >= 15 is 0 Å². The highest BCUT2D eigenvalue weighted by molar-refractivity contribution is 8.01. The van der Waals surface area contributed by atoms with Crippen LogP contribution in [0.3, 0.4) is 0 Å². The Balaban J connectivity index is 1.33. The van der Waals surface area contributed by atoms with Crippen molar-refractivity contribution in [3.63, 3.8) is 0 Å². The summed E-state index contributed by atoms with van der Waals surface area (Å²) in [5, 5.41) is 11.6. The molecule has 0 aliphatic carbocycles. The summed E-state index contributed by atoms with van der Waals surface area (Å²) >= 11 is 2.73. The molecule has 6 nitrogen and oxygen atoms in total. The third-order valence-electron chi connectivity index (χ3n) is 3.90. The average molecular weight is 400 g/mol. The number of rotatable bonds is 6. The minimum absolute atomic E-state index is 0.262. The van der Waals surface area contributed by atoms with Crippen molar-refractivity contribution < 1.29 is 14.0 Å². The highest BCUT2D eigenvalue weighted by Gasteiger charge is 2.34. The molecule has 2 aromatic carbocycles. The van der Waals surface area contributed by atoms with Gasteiger partial charge in [0.05, 0.1) is 11.1 Å². The molecule has 4 rings (SSSR count). The Morgan fingerprint density at radius 1 is 1.04 bits per heavy atom. The summed E-state index contributed by atoms with van der Waals surface area (Å²) in [6.45, 7) is 0.295. The molecule has 27 heavy (non-hydrogen) atoms. The molecule has 2 amide bonds. The number of thioether (sulfide) groups is 1. The van der Waals surface area contributed by atoms with Crippen LogP contribution in [0.15, 0.2) is 52.9 Å². The summed E-state index contributed by atoms with van der Waals surface area (Å²) in [5.41, 5.74) is 1.49. The summed E-state index contributed by atoms with van der Waals surface area (Å²) < 4.78 is 13.9. The number of halogens is 1. The number of benzene rings is 2. The first-order valence-electron chi connectivity index (χ1n) is 8.06. The van der Waals surface area contributed by atoms with Crippen LogP contribution in [-0.4, -0.2) is 39.2 Å². The molecule has 0 atom stereocenters. The zero-order valence-electron chi connectivity index (χ0n) is 13.9. The van der Waals surface area contributed by atoms with Crippen LogP contribution in [0.4, 0.5) is 15.2 Å². The van der Waals surface area contributed by atoms with Crippen molar-refractivity contribution in [1.82, 2.24) is 15.1 Å². The van der Waals surface area contributed by atoms with E-state index < -0.39 is 0 Å². The molecular weight excluding hydrogens is 387 g/mol. The van der Waals surface area contributed by atoms with Crippen molar-refractivity contribution in [3.8, 4) is 0 Å². The largest absolute Gasteiger partial charge is 0.330 e. The second-order valence-electron chi connectivity index (χ2n) is 5.66. The molecule has 0 bridgehead atoms. The quantitative estimate of drug-likeness (QED) is 0.501. The fraction of sp³-hybridized carbons (Fsp3) is 0.111. The fourth-order valence-electron chi connectivity index (χ4n) is 2.67. The van der Waals surface area contributed by atoms with Crippen molar-refractivity contribution in [2.45, 2.75) is 4.34 Å². The van der Waals surface area contributed by atoms with Gasteiger partial charge in [-0.25, -0.2) is 4.39 Å². The maximum atomic E-state index is 13.2. The molecule has 1 aliphatic rings. The maximum absolute atomic E-state index is 13.2. The summed E-state index contributed by atoms with van der Waals surface area (Å²) in [6, 6.07) is 12.9. The minimum atomic E-state index is -0.333. The van der Waals surface area contributed by atoms with Crippen LogP contribution in [0.5, 0.6) is 0 Å². The monoisotopic (exact) mass is 400 g/mol. The summed E-state index contributed by atoms with van der Waals surface area (Å²) in [7, 11) is 0. The van der Waals surface area contributed by atoms with Crippen LogP contribution < -0.4 is 5.32 Å². The van der Waals surface area contributed by atoms with Gasteiger partial charge in [0, 0.05) is 18.0 Å². The Morgan fingerprint density at radius 2 is 1.78 bits per heavy atom. The molecule has 0 saturated heterocycles. The Bertz CT molecular complexity index is 989. The number of hydrogen-bond donors (Lipinski definition) is 1. The molecule has 2 heterocycles.